The molecule has 0 radical (unpaired) electrons. The first kappa shape index (κ1) is 23.3. The highest BCUT2D eigenvalue weighted by Gasteiger charge is 2.45. The van der Waals surface area contributed by atoms with Crippen LogP contribution in [-0.2, 0) is 0 Å². The van der Waals surface area contributed by atoms with E-state index in [-0.39, 0.29) is 50.6 Å². The Labute approximate surface area is 215 Å². The highest BCUT2D eigenvalue weighted by atomic mass is 16.4. The lowest BCUT2D eigenvalue weighted by Gasteiger charge is -2.38. The molecule has 2 aliphatic rings. The molecule has 0 spiro atoms. The van der Waals surface area contributed by atoms with Gasteiger partial charge in [-0.05, 0) is 65.1 Å². The SMILES string of the molecule is Cc1cc(O)c2c(c1)C(C1c3cccc(O)c3C(=O)c3c(O)cc(C(=O)O)cc31)c1cccc(O)c1C2=O. The number of aromatic carboxylic acids is 1. The van der Waals surface area contributed by atoms with Crippen LogP contribution in [0.5, 0.6) is 23.0 Å². The second-order valence-corrected chi connectivity index (χ2v) is 9.61. The first-order valence-electron chi connectivity index (χ1n) is 11.8. The van der Waals surface area contributed by atoms with Crippen LogP contribution in [0.3, 0.4) is 0 Å². The number of carbonyl (C=O) groups is 3. The summed E-state index contributed by atoms with van der Waals surface area (Å²) in [4.78, 5) is 39.0. The number of hydrogen-bond acceptors (Lipinski definition) is 7. The van der Waals surface area contributed by atoms with Crippen LogP contribution in [0.25, 0.3) is 0 Å². The van der Waals surface area contributed by atoms with Crippen molar-refractivity contribution < 1.29 is 39.9 Å². The fourth-order valence-electron chi connectivity index (χ4n) is 5.98. The van der Waals surface area contributed by atoms with Crippen LogP contribution in [0.4, 0.5) is 0 Å². The third-order valence-electron chi connectivity index (χ3n) is 7.42. The van der Waals surface area contributed by atoms with Gasteiger partial charge in [0.25, 0.3) is 0 Å². The molecule has 8 heteroatoms. The molecule has 0 aromatic heterocycles. The number of ketones is 2. The van der Waals surface area contributed by atoms with Gasteiger partial charge < -0.3 is 25.5 Å². The average Bonchev–Trinajstić information content (AvgIpc) is 2.84. The summed E-state index contributed by atoms with van der Waals surface area (Å²) in [5.41, 5.74) is 1.47. The van der Waals surface area contributed by atoms with Gasteiger partial charge in [0.1, 0.15) is 23.0 Å². The summed E-state index contributed by atoms with van der Waals surface area (Å²) < 4.78 is 0. The minimum absolute atomic E-state index is 0.0200. The molecule has 38 heavy (non-hydrogen) atoms. The maximum atomic E-state index is 13.6. The smallest absolute Gasteiger partial charge is 0.335 e. The number of fused-ring (bicyclic) bond motifs is 4. The van der Waals surface area contributed by atoms with E-state index < -0.39 is 35.1 Å². The van der Waals surface area contributed by atoms with E-state index in [1.54, 1.807) is 37.3 Å². The van der Waals surface area contributed by atoms with Crippen molar-refractivity contribution >= 4 is 17.5 Å². The minimum atomic E-state index is -1.32. The predicted molar refractivity (Wildman–Crippen MR) is 135 cm³/mol. The van der Waals surface area contributed by atoms with E-state index in [1.807, 2.05) is 0 Å². The number of phenolic OH excluding ortho intramolecular Hbond substituents is 4. The molecule has 2 aliphatic carbocycles. The van der Waals surface area contributed by atoms with Crippen LogP contribution in [0.15, 0.2) is 60.7 Å². The Hall–Kier alpha value is -5.11. The van der Waals surface area contributed by atoms with Crippen molar-refractivity contribution in [3.8, 4) is 23.0 Å². The minimum Gasteiger partial charge on any atom is -0.507 e. The lowest BCUT2D eigenvalue weighted by atomic mass is 9.63. The molecule has 2 unspecified atom stereocenters. The summed E-state index contributed by atoms with van der Waals surface area (Å²) in [6.07, 6.45) is 0. The third-order valence-corrected chi connectivity index (χ3v) is 7.42. The van der Waals surface area contributed by atoms with Gasteiger partial charge >= 0.3 is 5.97 Å². The standard InChI is InChI=1S/C30H20O8/c1-12-8-16-22(14-4-2-6-18(31)24(14)28(35)26(16)20(33)9-12)23-15-5-3-7-19(32)25(15)29(36)27-17(23)10-13(30(37)38)11-21(27)34/h2-11,22-23,31-34H,1H3,(H,37,38). The lowest BCUT2D eigenvalue weighted by Crippen LogP contribution is -2.30. The summed E-state index contributed by atoms with van der Waals surface area (Å²) in [5.74, 6) is -5.72. The number of hydrogen-bond donors (Lipinski definition) is 5. The summed E-state index contributed by atoms with van der Waals surface area (Å²) in [7, 11) is 0. The summed E-state index contributed by atoms with van der Waals surface area (Å²) in [6, 6.07) is 14.5. The van der Waals surface area contributed by atoms with Crippen molar-refractivity contribution in [2.45, 2.75) is 18.8 Å². The zero-order valence-electron chi connectivity index (χ0n) is 19.9. The Kier molecular flexibility index (Phi) is 4.87. The topological polar surface area (TPSA) is 152 Å². The van der Waals surface area contributed by atoms with Crippen molar-refractivity contribution in [3.63, 3.8) is 0 Å². The van der Waals surface area contributed by atoms with Crippen LogP contribution in [0, 0.1) is 6.92 Å². The number of phenols is 4. The molecule has 4 aromatic rings. The van der Waals surface area contributed by atoms with Gasteiger partial charge in [-0.25, -0.2) is 4.79 Å². The van der Waals surface area contributed by atoms with E-state index in [2.05, 4.69) is 0 Å². The van der Waals surface area contributed by atoms with Crippen LogP contribution in [-0.4, -0.2) is 43.1 Å². The van der Waals surface area contributed by atoms with Gasteiger partial charge in [0, 0.05) is 11.8 Å². The second kappa shape index (κ2) is 7.94. The van der Waals surface area contributed by atoms with Gasteiger partial charge in [-0.2, -0.15) is 0 Å². The Morgan fingerprint density at radius 1 is 0.605 bits per heavy atom. The second-order valence-electron chi connectivity index (χ2n) is 9.61. The summed E-state index contributed by atoms with van der Waals surface area (Å²) in [6.45, 7) is 1.74. The Morgan fingerprint density at radius 2 is 1.05 bits per heavy atom. The molecular formula is C30H20O8. The van der Waals surface area contributed by atoms with Crippen molar-refractivity contribution in [2.75, 3.05) is 0 Å². The largest absolute Gasteiger partial charge is 0.507 e. The molecule has 0 aliphatic heterocycles. The van der Waals surface area contributed by atoms with E-state index in [0.29, 0.717) is 22.3 Å². The van der Waals surface area contributed by atoms with Crippen LogP contribution >= 0.6 is 0 Å². The molecule has 0 amide bonds. The molecule has 0 bridgehead atoms. The van der Waals surface area contributed by atoms with Gasteiger partial charge in [0.15, 0.2) is 0 Å². The number of aromatic hydroxyl groups is 4. The van der Waals surface area contributed by atoms with Crippen LogP contribution in [0.1, 0.15) is 81.9 Å². The Bertz CT molecular complexity index is 1750. The van der Waals surface area contributed by atoms with Gasteiger partial charge in [-0.15, -0.1) is 0 Å². The van der Waals surface area contributed by atoms with E-state index in [9.17, 15) is 39.9 Å². The molecule has 5 N–H and O–H groups in total. The van der Waals surface area contributed by atoms with Crippen molar-refractivity contribution in [3.05, 3.63) is 116 Å². The number of benzene rings is 4. The van der Waals surface area contributed by atoms with Crippen molar-refractivity contribution in [2.24, 2.45) is 0 Å². The van der Waals surface area contributed by atoms with E-state index >= 15 is 0 Å². The number of carboxylic acids is 1. The van der Waals surface area contributed by atoms with E-state index in [1.165, 1.54) is 24.3 Å². The molecule has 188 valence electrons. The van der Waals surface area contributed by atoms with Gasteiger partial charge in [-0.3, -0.25) is 9.59 Å². The van der Waals surface area contributed by atoms with E-state index in [0.717, 1.165) is 6.07 Å². The lowest BCUT2D eigenvalue weighted by molar-refractivity contribution is 0.0695. The van der Waals surface area contributed by atoms with Gasteiger partial charge in [0.05, 0.1) is 27.8 Å². The predicted octanol–water partition coefficient (Wildman–Crippen LogP) is 4.57. The third kappa shape index (κ3) is 3.06. The molecular weight excluding hydrogens is 488 g/mol. The van der Waals surface area contributed by atoms with E-state index in [4.69, 9.17) is 0 Å². The zero-order valence-corrected chi connectivity index (χ0v) is 19.9. The normalized spacial score (nSPS) is 17.3. The van der Waals surface area contributed by atoms with Crippen LogP contribution < -0.4 is 0 Å². The Balaban J connectivity index is 1.78. The number of rotatable bonds is 2. The highest BCUT2D eigenvalue weighted by Crippen LogP contribution is 2.55. The molecule has 8 nitrogen and oxygen atoms in total. The maximum Gasteiger partial charge on any atom is 0.335 e. The molecule has 0 saturated carbocycles. The fourth-order valence-corrected chi connectivity index (χ4v) is 5.98. The summed E-state index contributed by atoms with van der Waals surface area (Å²) >= 11 is 0. The fraction of sp³-hybridized carbons (Fsp3) is 0.100. The zero-order chi connectivity index (χ0) is 27.0. The van der Waals surface area contributed by atoms with Crippen molar-refractivity contribution in [1.29, 1.82) is 0 Å². The quantitative estimate of drug-likeness (QED) is 0.264. The van der Waals surface area contributed by atoms with Crippen LogP contribution in [0.2, 0.25) is 0 Å². The molecule has 0 saturated heterocycles. The van der Waals surface area contributed by atoms with Gasteiger partial charge in [-0.1, -0.05) is 30.3 Å². The number of carbonyl (C=O) groups excluding carboxylic acids is 2. The highest BCUT2D eigenvalue weighted by molar-refractivity contribution is 6.18. The molecule has 6 rings (SSSR count). The van der Waals surface area contributed by atoms with Gasteiger partial charge in [0.2, 0.25) is 11.6 Å². The average molecular weight is 508 g/mol. The molecule has 2 atom stereocenters. The first-order chi connectivity index (χ1) is 18.1. The molecule has 0 heterocycles. The summed E-state index contributed by atoms with van der Waals surface area (Å²) in [5, 5.41) is 52.9. The number of carboxylic acid groups (broad SMARTS) is 1. The Morgan fingerprint density at radius 3 is 1.55 bits per heavy atom. The monoisotopic (exact) mass is 508 g/mol. The van der Waals surface area contributed by atoms with Crippen molar-refractivity contribution in [1.82, 2.24) is 0 Å². The maximum absolute atomic E-state index is 13.6. The first-order valence-corrected chi connectivity index (χ1v) is 11.8. The molecule has 0 fully saturated rings. The number of aryl methyl sites for hydroxylation is 1. The molecule has 4 aromatic carbocycles.